The molecule has 2 fully saturated rings. The molecule has 0 aromatic heterocycles. The molecule has 0 aliphatic carbocycles. The Kier molecular flexibility index (Phi) is 41.2. The van der Waals surface area contributed by atoms with Gasteiger partial charge in [0.15, 0.2) is 12.6 Å². The first-order valence-electron chi connectivity index (χ1n) is 28.2. The van der Waals surface area contributed by atoms with Crippen molar-refractivity contribution in [3.63, 3.8) is 0 Å². The quantitative estimate of drug-likeness (QED) is 0.0172. The minimum absolute atomic E-state index is 0.0436. The molecule has 7 N–H and O–H groups in total. The van der Waals surface area contributed by atoms with Crippen LogP contribution in [0.2, 0.25) is 0 Å². The normalized spacial score (nSPS) is 25.6. The molecular formula is C59H100O14. The first-order chi connectivity index (χ1) is 35.6. The van der Waals surface area contributed by atoms with Crippen LogP contribution in [0.5, 0.6) is 0 Å². The van der Waals surface area contributed by atoms with Crippen LogP contribution in [0.3, 0.4) is 0 Å². The highest BCUT2D eigenvalue weighted by Gasteiger charge is 2.47. The van der Waals surface area contributed by atoms with E-state index in [4.69, 9.17) is 28.4 Å². The number of unbranched alkanes of at least 4 members (excludes halogenated alkanes) is 16. The second-order valence-electron chi connectivity index (χ2n) is 19.4. The molecule has 73 heavy (non-hydrogen) atoms. The molecule has 2 saturated heterocycles. The zero-order valence-electron chi connectivity index (χ0n) is 44.8. The number of aliphatic hydroxyl groups is 7. The molecule has 0 saturated carbocycles. The molecule has 14 nitrogen and oxygen atoms in total. The molecule has 0 spiro atoms. The highest BCUT2D eigenvalue weighted by atomic mass is 16.7. The molecule has 0 radical (unpaired) electrons. The van der Waals surface area contributed by atoms with E-state index < -0.39 is 86.7 Å². The first kappa shape index (κ1) is 66.3. The van der Waals surface area contributed by atoms with Crippen LogP contribution in [0.4, 0.5) is 0 Å². The number of hydrogen-bond donors (Lipinski definition) is 7. The lowest BCUT2D eigenvalue weighted by molar-refractivity contribution is -0.332. The lowest BCUT2D eigenvalue weighted by atomic mass is 9.98. The Balaban J connectivity index is 1.75. The van der Waals surface area contributed by atoms with Crippen LogP contribution < -0.4 is 0 Å². The van der Waals surface area contributed by atoms with Gasteiger partial charge in [-0.2, -0.15) is 0 Å². The number of esters is 1. The van der Waals surface area contributed by atoms with Gasteiger partial charge in [0.25, 0.3) is 0 Å². The van der Waals surface area contributed by atoms with Crippen molar-refractivity contribution in [2.24, 2.45) is 0 Å². The molecule has 0 aromatic carbocycles. The highest BCUT2D eigenvalue weighted by Crippen LogP contribution is 2.26. The number of rotatable bonds is 44. The maximum atomic E-state index is 13.1. The summed E-state index contributed by atoms with van der Waals surface area (Å²) in [6.07, 6.45) is 42.0. The summed E-state index contributed by atoms with van der Waals surface area (Å²) < 4.78 is 34.3. The zero-order chi connectivity index (χ0) is 53.0. The third-order valence-corrected chi connectivity index (χ3v) is 12.9. The van der Waals surface area contributed by atoms with Crippen molar-refractivity contribution in [3.8, 4) is 0 Å². The third kappa shape index (κ3) is 32.4. The van der Waals surface area contributed by atoms with Crippen molar-refractivity contribution >= 4 is 5.97 Å². The Labute approximate surface area is 439 Å². The van der Waals surface area contributed by atoms with Crippen molar-refractivity contribution in [2.45, 2.75) is 248 Å². The molecular weight excluding hydrogens is 933 g/mol. The second kappa shape index (κ2) is 45.4. The van der Waals surface area contributed by atoms with Gasteiger partial charge in [-0.3, -0.25) is 4.79 Å². The summed E-state index contributed by atoms with van der Waals surface area (Å²) >= 11 is 0. The minimum Gasteiger partial charge on any atom is -0.457 e. The first-order valence-corrected chi connectivity index (χ1v) is 28.2. The summed E-state index contributed by atoms with van der Waals surface area (Å²) in [5.41, 5.74) is 0. The van der Waals surface area contributed by atoms with E-state index in [9.17, 15) is 40.5 Å². The molecule has 2 heterocycles. The monoisotopic (exact) mass is 1030 g/mol. The van der Waals surface area contributed by atoms with Gasteiger partial charge in [0, 0.05) is 13.0 Å². The molecule has 420 valence electrons. The van der Waals surface area contributed by atoms with E-state index in [1.165, 1.54) is 44.9 Å². The Bertz CT molecular complexity index is 1530. The molecule has 2 aliphatic rings. The third-order valence-electron chi connectivity index (χ3n) is 12.9. The number of aliphatic hydroxyl groups excluding tert-OH is 7. The Morgan fingerprint density at radius 2 is 0.890 bits per heavy atom. The molecule has 11 unspecified atom stereocenters. The Hall–Kier alpha value is -2.83. The lowest BCUT2D eigenvalue weighted by Gasteiger charge is -2.42. The smallest absolute Gasteiger partial charge is 0.306 e. The molecule has 11 atom stereocenters. The van der Waals surface area contributed by atoms with E-state index in [2.05, 4.69) is 98.9 Å². The van der Waals surface area contributed by atoms with E-state index in [1.54, 1.807) is 0 Å². The van der Waals surface area contributed by atoms with E-state index in [0.29, 0.717) is 13.0 Å². The fraction of sp³-hybridized carbons (Fsp3) is 0.746. The maximum absolute atomic E-state index is 13.1. The zero-order valence-corrected chi connectivity index (χ0v) is 44.8. The van der Waals surface area contributed by atoms with Crippen LogP contribution >= 0.6 is 0 Å². The van der Waals surface area contributed by atoms with E-state index in [1.807, 2.05) is 0 Å². The van der Waals surface area contributed by atoms with Gasteiger partial charge in [-0.1, -0.05) is 170 Å². The van der Waals surface area contributed by atoms with Crippen molar-refractivity contribution in [1.29, 1.82) is 0 Å². The summed E-state index contributed by atoms with van der Waals surface area (Å²) in [7, 11) is 0. The van der Waals surface area contributed by atoms with Crippen molar-refractivity contribution in [2.75, 3.05) is 33.0 Å². The largest absolute Gasteiger partial charge is 0.457 e. The average molecular weight is 1030 g/mol. The van der Waals surface area contributed by atoms with E-state index in [-0.39, 0.29) is 19.6 Å². The van der Waals surface area contributed by atoms with Gasteiger partial charge in [0.05, 0.1) is 26.4 Å². The van der Waals surface area contributed by atoms with Gasteiger partial charge in [-0.05, 0) is 89.9 Å². The van der Waals surface area contributed by atoms with Crippen LogP contribution in [0.15, 0.2) is 85.1 Å². The fourth-order valence-corrected chi connectivity index (χ4v) is 8.34. The number of allylic oxidation sites excluding steroid dienone is 14. The highest BCUT2D eigenvalue weighted by molar-refractivity contribution is 5.69. The van der Waals surface area contributed by atoms with Gasteiger partial charge in [0.2, 0.25) is 0 Å². The molecule has 0 bridgehead atoms. The topological polar surface area (TPSA) is 214 Å². The summed E-state index contributed by atoms with van der Waals surface area (Å²) in [5, 5.41) is 72.3. The van der Waals surface area contributed by atoms with Crippen molar-refractivity contribution < 1.29 is 69.0 Å². The molecule has 2 aliphatic heterocycles. The predicted molar refractivity (Wildman–Crippen MR) is 288 cm³/mol. The summed E-state index contributed by atoms with van der Waals surface area (Å²) in [5.74, 6) is -0.396. The number of carbonyl (C=O) groups excluding carboxylic acids is 1. The molecule has 0 amide bonds. The van der Waals surface area contributed by atoms with Crippen molar-refractivity contribution in [3.05, 3.63) is 85.1 Å². The van der Waals surface area contributed by atoms with Crippen LogP contribution in [-0.2, 0) is 33.2 Å². The molecule has 0 aromatic rings. The van der Waals surface area contributed by atoms with Gasteiger partial charge in [-0.15, -0.1) is 0 Å². The molecule has 2 rings (SSSR count). The number of hydrogen-bond acceptors (Lipinski definition) is 14. The van der Waals surface area contributed by atoms with Crippen LogP contribution in [0.1, 0.15) is 181 Å². The lowest BCUT2D eigenvalue weighted by Crippen LogP contribution is -2.61. The minimum atomic E-state index is -1.72. The summed E-state index contributed by atoms with van der Waals surface area (Å²) in [4.78, 5) is 13.1. The number of carbonyl (C=O) groups is 1. The van der Waals surface area contributed by atoms with E-state index >= 15 is 0 Å². The SMILES string of the molecule is CC/C=C\C/C=C\C/C=C\C/C=C\CCCCCCCCCOCC(COC1OC(COC2OC(CO)C(O)C(O)C2O)C(O)C(O)C1O)OC(=O)CCCCCCCC/C=C\C/C=C\C/C=C\CCCCC. The predicted octanol–water partition coefficient (Wildman–Crippen LogP) is 9.63. The second-order valence-corrected chi connectivity index (χ2v) is 19.4. The fourth-order valence-electron chi connectivity index (χ4n) is 8.34. The Morgan fingerprint density at radius 1 is 0.466 bits per heavy atom. The van der Waals surface area contributed by atoms with Gasteiger partial charge in [-0.25, -0.2) is 0 Å². The molecule has 14 heteroatoms. The summed E-state index contributed by atoms with van der Waals surface area (Å²) in [6, 6.07) is 0. The Morgan fingerprint density at radius 3 is 1.40 bits per heavy atom. The summed E-state index contributed by atoms with van der Waals surface area (Å²) in [6.45, 7) is 3.49. The van der Waals surface area contributed by atoms with Crippen molar-refractivity contribution in [1.82, 2.24) is 0 Å². The van der Waals surface area contributed by atoms with Gasteiger partial charge >= 0.3 is 5.97 Å². The average Bonchev–Trinajstić information content (AvgIpc) is 3.39. The van der Waals surface area contributed by atoms with Crippen LogP contribution in [0.25, 0.3) is 0 Å². The van der Waals surface area contributed by atoms with Crippen LogP contribution in [-0.4, -0.2) is 142 Å². The van der Waals surface area contributed by atoms with Gasteiger partial charge < -0.3 is 64.2 Å². The number of ether oxygens (including phenoxy) is 6. The standard InChI is InChI=1S/C59H100O14/c1-3-5-7-9-11-13-15-17-19-21-23-25-27-29-31-33-35-37-39-41-43-68-45-48(71-51(61)42-40-38-36-34-32-30-28-26-24-22-20-18-16-14-12-10-8-6-4-2)46-69-58-57(67)55(65)53(63)50(73-58)47-70-59-56(66)54(64)52(62)49(44-60)72-59/h5,7,11-14,17-20,23-26,48-50,52-60,62-67H,3-4,6,8-10,15-16,21-22,27-47H2,1-2H3/b7-5-,13-11-,14-12-,19-17-,20-18-,25-23-,26-24-. The van der Waals surface area contributed by atoms with E-state index in [0.717, 1.165) is 109 Å². The maximum Gasteiger partial charge on any atom is 0.306 e. The van der Waals surface area contributed by atoms with Crippen LogP contribution in [0, 0.1) is 0 Å². The van der Waals surface area contributed by atoms with Gasteiger partial charge in [0.1, 0.15) is 54.9 Å².